The molecule has 20 heavy (non-hydrogen) atoms. The summed E-state index contributed by atoms with van der Waals surface area (Å²) in [5.74, 6) is 1.16. The van der Waals surface area contributed by atoms with Crippen LogP contribution in [-0.2, 0) is 0 Å². The first-order valence-electron chi connectivity index (χ1n) is 6.48. The van der Waals surface area contributed by atoms with Gasteiger partial charge in [0.05, 0.1) is 13.3 Å². The highest BCUT2D eigenvalue weighted by atomic mass is 19.1. The molecule has 0 aliphatic carbocycles. The first-order chi connectivity index (χ1) is 9.74. The Bertz CT molecular complexity index is 545. The summed E-state index contributed by atoms with van der Waals surface area (Å²) in [6.07, 6.45) is 2.44. The van der Waals surface area contributed by atoms with Crippen LogP contribution in [0.4, 0.5) is 15.9 Å². The molecule has 0 aliphatic rings. The standard InChI is InChI=1S/C15H18FN3O/c1-20-14-6-7-15(18-11-14)19(9-3-8-17)13-5-2-4-12(16)10-13/h2,4-7,10-11H,3,8-9,17H2,1H3. The Morgan fingerprint density at radius 1 is 1.30 bits per heavy atom. The fraction of sp³-hybridized carbons (Fsp3) is 0.267. The van der Waals surface area contributed by atoms with Gasteiger partial charge in [0.15, 0.2) is 0 Å². The van der Waals surface area contributed by atoms with Crippen LogP contribution >= 0.6 is 0 Å². The van der Waals surface area contributed by atoms with Gasteiger partial charge in [0.2, 0.25) is 0 Å². The number of methoxy groups -OCH3 is 1. The summed E-state index contributed by atoms with van der Waals surface area (Å²) < 4.78 is 18.5. The molecule has 1 aromatic heterocycles. The van der Waals surface area contributed by atoms with E-state index in [9.17, 15) is 4.39 Å². The average Bonchev–Trinajstić information content (AvgIpc) is 2.48. The molecule has 1 heterocycles. The summed E-state index contributed by atoms with van der Waals surface area (Å²) in [6, 6.07) is 10.1. The Balaban J connectivity index is 2.30. The van der Waals surface area contributed by atoms with Crippen LogP contribution in [0.2, 0.25) is 0 Å². The smallest absolute Gasteiger partial charge is 0.137 e. The molecule has 106 valence electrons. The zero-order chi connectivity index (χ0) is 14.4. The lowest BCUT2D eigenvalue weighted by Crippen LogP contribution is -2.21. The van der Waals surface area contributed by atoms with Crippen LogP contribution in [0.1, 0.15) is 6.42 Å². The van der Waals surface area contributed by atoms with E-state index in [1.807, 2.05) is 23.1 Å². The topological polar surface area (TPSA) is 51.4 Å². The van der Waals surface area contributed by atoms with Crippen LogP contribution in [0, 0.1) is 5.82 Å². The summed E-state index contributed by atoms with van der Waals surface area (Å²) in [7, 11) is 1.59. The Kier molecular flexibility index (Phi) is 4.90. The number of nitrogens with zero attached hydrogens (tertiary/aromatic N) is 2. The van der Waals surface area contributed by atoms with E-state index in [2.05, 4.69) is 4.98 Å². The summed E-state index contributed by atoms with van der Waals surface area (Å²) in [5, 5.41) is 0. The molecule has 4 nitrogen and oxygen atoms in total. The van der Waals surface area contributed by atoms with Crippen molar-refractivity contribution in [3.8, 4) is 5.75 Å². The van der Waals surface area contributed by atoms with E-state index >= 15 is 0 Å². The molecule has 2 N–H and O–H groups in total. The fourth-order valence-corrected chi connectivity index (χ4v) is 1.92. The molecule has 0 saturated heterocycles. The Morgan fingerprint density at radius 2 is 2.15 bits per heavy atom. The number of hydrogen-bond acceptors (Lipinski definition) is 4. The van der Waals surface area contributed by atoms with Gasteiger partial charge in [-0.2, -0.15) is 0 Å². The molecule has 1 aromatic carbocycles. The van der Waals surface area contributed by atoms with Gasteiger partial charge in [-0.15, -0.1) is 0 Å². The Labute approximate surface area is 118 Å². The number of ether oxygens (including phenoxy) is 1. The second-order valence-corrected chi connectivity index (χ2v) is 4.33. The van der Waals surface area contributed by atoms with Crippen molar-refractivity contribution in [2.45, 2.75) is 6.42 Å². The molecule has 0 amide bonds. The summed E-state index contributed by atoms with van der Waals surface area (Å²) in [4.78, 5) is 6.29. The predicted octanol–water partition coefficient (Wildman–Crippen LogP) is 2.72. The number of anilines is 2. The van der Waals surface area contributed by atoms with E-state index in [-0.39, 0.29) is 5.82 Å². The number of halogens is 1. The van der Waals surface area contributed by atoms with Crippen LogP contribution in [0.3, 0.4) is 0 Å². The van der Waals surface area contributed by atoms with E-state index in [0.29, 0.717) is 18.8 Å². The van der Waals surface area contributed by atoms with Crippen LogP contribution in [0.5, 0.6) is 5.75 Å². The fourth-order valence-electron chi connectivity index (χ4n) is 1.92. The zero-order valence-electron chi connectivity index (χ0n) is 11.4. The lowest BCUT2D eigenvalue weighted by atomic mass is 10.2. The van der Waals surface area contributed by atoms with Gasteiger partial charge in [-0.3, -0.25) is 0 Å². The van der Waals surface area contributed by atoms with Crippen LogP contribution in [-0.4, -0.2) is 25.2 Å². The number of aromatic nitrogens is 1. The molecule has 0 bridgehead atoms. The second kappa shape index (κ2) is 6.86. The van der Waals surface area contributed by atoms with Crippen molar-refractivity contribution in [2.24, 2.45) is 5.73 Å². The minimum atomic E-state index is -0.270. The first-order valence-corrected chi connectivity index (χ1v) is 6.48. The van der Waals surface area contributed by atoms with Gasteiger partial charge in [-0.1, -0.05) is 6.07 Å². The molecule has 0 spiro atoms. The first kappa shape index (κ1) is 14.3. The quantitative estimate of drug-likeness (QED) is 0.880. The van der Waals surface area contributed by atoms with Crippen LogP contribution in [0.15, 0.2) is 42.6 Å². The van der Waals surface area contributed by atoms with Gasteiger partial charge in [-0.05, 0) is 43.3 Å². The molecule has 2 aromatic rings. The number of hydrogen-bond donors (Lipinski definition) is 1. The van der Waals surface area contributed by atoms with E-state index < -0.39 is 0 Å². The van der Waals surface area contributed by atoms with Gasteiger partial charge in [0.25, 0.3) is 0 Å². The third-order valence-corrected chi connectivity index (χ3v) is 2.94. The molecule has 0 radical (unpaired) electrons. The number of benzene rings is 1. The highest BCUT2D eigenvalue weighted by Crippen LogP contribution is 2.25. The normalized spacial score (nSPS) is 10.3. The van der Waals surface area contributed by atoms with Gasteiger partial charge < -0.3 is 15.4 Å². The molecule has 0 fully saturated rings. The van der Waals surface area contributed by atoms with Crippen LogP contribution < -0.4 is 15.4 Å². The van der Waals surface area contributed by atoms with Crippen molar-refractivity contribution in [2.75, 3.05) is 25.1 Å². The molecular weight excluding hydrogens is 257 g/mol. The maximum absolute atomic E-state index is 13.4. The largest absolute Gasteiger partial charge is 0.495 e. The second-order valence-electron chi connectivity index (χ2n) is 4.33. The van der Waals surface area contributed by atoms with E-state index in [4.69, 9.17) is 10.5 Å². The molecule has 0 saturated carbocycles. The van der Waals surface area contributed by atoms with Crippen molar-refractivity contribution in [1.29, 1.82) is 0 Å². The van der Waals surface area contributed by atoms with Crippen molar-refractivity contribution >= 4 is 11.5 Å². The van der Waals surface area contributed by atoms with Crippen molar-refractivity contribution in [3.63, 3.8) is 0 Å². The molecule has 0 atom stereocenters. The average molecular weight is 275 g/mol. The van der Waals surface area contributed by atoms with Crippen molar-refractivity contribution in [1.82, 2.24) is 4.98 Å². The van der Waals surface area contributed by atoms with Gasteiger partial charge in [0, 0.05) is 12.2 Å². The number of nitrogens with two attached hydrogens (primary N) is 1. The molecular formula is C15H18FN3O. The monoisotopic (exact) mass is 275 g/mol. The summed E-state index contributed by atoms with van der Waals surface area (Å²) >= 11 is 0. The maximum atomic E-state index is 13.4. The van der Waals surface area contributed by atoms with Crippen molar-refractivity contribution in [3.05, 3.63) is 48.4 Å². The zero-order valence-corrected chi connectivity index (χ0v) is 11.4. The summed E-state index contributed by atoms with van der Waals surface area (Å²) in [5.41, 5.74) is 6.33. The number of pyridine rings is 1. The molecule has 0 unspecified atom stereocenters. The van der Waals surface area contributed by atoms with Gasteiger partial charge in [-0.25, -0.2) is 9.37 Å². The highest BCUT2D eigenvalue weighted by molar-refractivity contribution is 5.60. The van der Waals surface area contributed by atoms with E-state index in [0.717, 1.165) is 17.9 Å². The van der Waals surface area contributed by atoms with Gasteiger partial charge >= 0.3 is 0 Å². The minimum Gasteiger partial charge on any atom is -0.495 e. The predicted molar refractivity (Wildman–Crippen MR) is 77.9 cm³/mol. The SMILES string of the molecule is COc1ccc(N(CCCN)c2cccc(F)c2)nc1. The molecule has 5 heteroatoms. The third kappa shape index (κ3) is 3.45. The Hall–Kier alpha value is -2.14. The van der Waals surface area contributed by atoms with Crippen LogP contribution in [0.25, 0.3) is 0 Å². The third-order valence-electron chi connectivity index (χ3n) is 2.94. The van der Waals surface area contributed by atoms with Crippen molar-refractivity contribution < 1.29 is 9.13 Å². The minimum absolute atomic E-state index is 0.270. The summed E-state index contributed by atoms with van der Waals surface area (Å²) in [6.45, 7) is 1.25. The molecule has 2 rings (SSSR count). The van der Waals surface area contributed by atoms with E-state index in [1.54, 1.807) is 19.4 Å². The maximum Gasteiger partial charge on any atom is 0.137 e. The number of rotatable bonds is 6. The lowest BCUT2D eigenvalue weighted by molar-refractivity contribution is 0.413. The van der Waals surface area contributed by atoms with E-state index in [1.165, 1.54) is 12.1 Å². The Morgan fingerprint density at radius 3 is 2.75 bits per heavy atom. The lowest BCUT2D eigenvalue weighted by Gasteiger charge is -2.23. The van der Waals surface area contributed by atoms with Gasteiger partial charge in [0.1, 0.15) is 17.4 Å². The highest BCUT2D eigenvalue weighted by Gasteiger charge is 2.11. The molecule has 0 aliphatic heterocycles.